The summed E-state index contributed by atoms with van der Waals surface area (Å²) in [6.45, 7) is 0. The highest BCUT2D eigenvalue weighted by Crippen LogP contribution is 2.48. The van der Waals surface area contributed by atoms with Gasteiger partial charge in [-0.2, -0.15) is 0 Å². The van der Waals surface area contributed by atoms with E-state index < -0.39 is 0 Å². The van der Waals surface area contributed by atoms with Crippen LogP contribution in [0.5, 0.6) is 0 Å². The van der Waals surface area contributed by atoms with E-state index in [1.807, 2.05) is 12.1 Å². The van der Waals surface area contributed by atoms with Crippen molar-refractivity contribution >= 4 is 61.1 Å². The summed E-state index contributed by atoms with van der Waals surface area (Å²) < 4.78 is 8.69. The molecule has 0 unspecified atom stereocenters. The number of imidazole rings is 1. The Hall–Kier alpha value is -6.13. The molecule has 1 aliphatic heterocycles. The predicted octanol–water partition coefficient (Wildman–Crippen LogP) is 11.2. The fourth-order valence-electron chi connectivity index (χ4n) is 7.05. The van der Waals surface area contributed by atoms with E-state index in [4.69, 9.17) is 9.40 Å². The van der Waals surface area contributed by atoms with Gasteiger partial charge in [-0.15, -0.1) is 0 Å². The van der Waals surface area contributed by atoms with Gasteiger partial charge in [0.15, 0.2) is 0 Å². The van der Waals surface area contributed by atoms with Crippen LogP contribution in [0.2, 0.25) is 0 Å². The Morgan fingerprint density at radius 3 is 2.13 bits per heavy atom. The lowest BCUT2D eigenvalue weighted by molar-refractivity contribution is 0.670. The third kappa shape index (κ3) is 3.51. The number of nitrogens with zero attached hydrogens (tertiary/aromatic N) is 3. The molecule has 0 N–H and O–H groups in total. The number of rotatable bonds is 2. The molecule has 0 radical (unpaired) electrons. The SMILES string of the molecule is c1ccc2c(c1)-c1cc3ccccc3cc1-n1c(nc3ccccc31)N2c1ccc(-c2cccc3c2oc2ccccc23)cc1. The first-order chi connectivity index (χ1) is 22.3. The van der Waals surface area contributed by atoms with Gasteiger partial charge in [0.05, 0.1) is 22.4 Å². The first-order valence-electron chi connectivity index (χ1n) is 15.2. The summed E-state index contributed by atoms with van der Waals surface area (Å²) in [5.74, 6) is 0.866. The van der Waals surface area contributed by atoms with Gasteiger partial charge in [-0.1, -0.05) is 103 Å². The Labute approximate surface area is 259 Å². The lowest BCUT2D eigenvalue weighted by Crippen LogP contribution is -2.14. The Bertz CT molecular complexity index is 2610. The molecule has 0 atom stereocenters. The number of hydrogen-bond acceptors (Lipinski definition) is 3. The molecule has 0 saturated carbocycles. The smallest absolute Gasteiger partial charge is 0.220 e. The van der Waals surface area contributed by atoms with Crippen LogP contribution in [0.15, 0.2) is 156 Å². The monoisotopic (exact) mass is 575 g/mol. The normalized spacial score (nSPS) is 12.4. The maximum absolute atomic E-state index is 6.37. The van der Waals surface area contributed by atoms with Crippen LogP contribution in [-0.2, 0) is 0 Å². The van der Waals surface area contributed by atoms with E-state index in [-0.39, 0.29) is 0 Å². The second kappa shape index (κ2) is 9.18. The third-order valence-corrected chi connectivity index (χ3v) is 9.12. The molecule has 3 heterocycles. The molecule has 1 aliphatic rings. The van der Waals surface area contributed by atoms with Crippen LogP contribution >= 0.6 is 0 Å². The molecule has 0 bridgehead atoms. The Morgan fingerprint density at radius 2 is 1.22 bits per heavy atom. The number of para-hydroxylation sites is 5. The number of anilines is 3. The second-order valence-electron chi connectivity index (χ2n) is 11.6. The highest BCUT2D eigenvalue weighted by Gasteiger charge is 2.29. The van der Waals surface area contributed by atoms with Gasteiger partial charge in [0.25, 0.3) is 0 Å². The van der Waals surface area contributed by atoms with Gasteiger partial charge in [0.1, 0.15) is 11.2 Å². The van der Waals surface area contributed by atoms with E-state index in [2.05, 4.69) is 149 Å². The predicted molar refractivity (Wildman–Crippen MR) is 185 cm³/mol. The van der Waals surface area contributed by atoms with Crippen LogP contribution in [0.1, 0.15) is 0 Å². The van der Waals surface area contributed by atoms with Crippen LogP contribution in [0, 0.1) is 0 Å². The van der Waals surface area contributed by atoms with Crippen molar-refractivity contribution in [1.82, 2.24) is 9.55 Å². The molecule has 0 fully saturated rings. The number of furan rings is 1. The van der Waals surface area contributed by atoms with Gasteiger partial charge in [0.2, 0.25) is 5.95 Å². The van der Waals surface area contributed by atoms with Crippen molar-refractivity contribution in [2.45, 2.75) is 0 Å². The van der Waals surface area contributed by atoms with E-state index in [9.17, 15) is 0 Å². The fraction of sp³-hybridized carbons (Fsp3) is 0. The molecular formula is C41H25N3O. The van der Waals surface area contributed by atoms with Crippen LogP contribution in [0.4, 0.5) is 17.3 Å². The standard InChI is InChI=1S/C41H25N3O/c1-2-11-28-25-38-34(24-27(28)10-1)31-12-3-6-17-36(31)43(41-42-35-16-5-7-18-37(35)44(38)41)29-22-20-26(21-23-29)30-14-9-15-33-32-13-4-8-19-39(32)45-40(30)33/h1-25H. The van der Waals surface area contributed by atoms with Gasteiger partial charge in [-0.25, -0.2) is 4.98 Å². The topological polar surface area (TPSA) is 34.2 Å². The number of aromatic nitrogens is 2. The van der Waals surface area contributed by atoms with Crippen molar-refractivity contribution in [2.75, 3.05) is 4.90 Å². The quantitative estimate of drug-likeness (QED) is 0.206. The first kappa shape index (κ1) is 24.3. The molecule has 4 nitrogen and oxygen atoms in total. The van der Waals surface area contributed by atoms with Gasteiger partial charge in [0, 0.05) is 33.2 Å². The molecule has 0 aliphatic carbocycles. The first-order valence-corrected chi connectivity index (χ1v) is 15.2. The fourth-order valence-corrected chi connectivity index (χ4v) is 7.05. The summed E-state index contributed by atoms with van der Waals surface area (Å²) in [6, 6.07) is 53.7. The lowest BCUT2D eigenvalue weighted by atomic mass is 9.97. The van der Waals surface area contributed by atoms with Crippen molar-refractivity contribution in [1.29, 1.82) is 0 Å². The molecule has 0 saturated heterocycles. The zero-order valence-corrected chi connectivity index (χ0v) is 24.2. The zero-order chi connectivity index (χ0) is 29.5. The molecule has 0 amide bonds. The van der Waals surface area contributed by atoms with Crippen molar-refractivity contribution < 1.29 is 4.42 Å². The Kier molecular flexibility index (Phi) is 4.96. The van der Waals surface area contributed by atoms with Crippen LogP contribution in [-0.4, -0.2) is 9.55 Å². The molecule has 0 spiro atoms. The van der Waals surface area contributed by atoms with Crippen molar-refractivity contribution in [3.63, 3.8) is 0 Å². The van der Waals surface area contributed by atoms with E-state index in [1.54, 1.807) is 0 Å². The van der Waals surface area contributed by atoms with Gasteiger partial charge < -0.3 is 4.42 Å². The molecule has 210 valence electrons. The largest absolute Gasteiger partial charge is 0.455 e. The average Bonchev–Trinajstić information content (AvgIpc) is 3.64. The minimum atomic E-state index is 0.866. The summed E-state index contributed by atoms with van der Waals surface area (Å²) in [5, 5.41) is 4.69. The third-order valence-electron chi connectivity index (χ3n) is 9.12. The second-order valence-corrected chi connectivity index (χ2v) is 11.6. The highest BCUT2D eigenvalue weighted by atomic mass is 16.3. The summed E-state index contributed by atoms with van der Waals surface area (Å²) in [7, 11) is 0. The molecule has 10 rings (SSSR count). The molecule has 4 heteroatoms. The molecule has 45 heavy (non-hydrogen) atoms. The minimum Gasteiger partial charge on any atom is -0.455 e. The number of benzene rings is 7. The molecule has 7 aromatic carbocycles. The summed E-state index contributed by atoms with van der Waals surface area (Å²) in [4.78, 5) is 7.57. The summed E-state index contributed by atoms with van der Waals surface area (Å²) in [5.41, 5.74) is 11.7. The van der Waals surface area contributed by atoms with Crippen molar-refractivity contribution in [3.8, 4) is 27.9 Å². The van der Waals surface area contributed by atoms with E-state index in [1.165, 1.54) is 21.9 Å². The zero-order valence-electron chi connectivity index (χ0n) is 24.2. The minimum absolute atomic E-state index is 0.866. The van der Waals surface area contributed by atoms with Gasteiger partial charge in [-0.05, 0) is 64.9 Å². The van der Waals surface area contributed by atoms with Gasteiger partial charge >= 0.3 is 0 Å². The maximum atomic E-state index is 6.37. The van der Waals surface area contributed by atoms with E-state index in [0.717, 1.165) is 67.1 Å². The number of hydrogen-bond donors (Lipinski definition) is 0. The van der Waals surface area contributed by atoms with E-state index in [0.29, 0.717) is 0 Å². The molecule has 9 aromatic rings. The Balaban J connectivity index is 1.21. The average molecular weight is 576 g/mol. The van der Waals surface area contributed by atoms with Crippen molar-refractivity contribution in [2.24, 2.45) is 0 Å². The summed E-state index contributed by atoms with van der Waals surface area (Å²) >= 11 is 0. The van der Waals surface area contributed by atoms with Crippen LogP contribution in [0.25, 0.3) is 71.7 Å². The molecule has 2 aromatic heterocycles. The van der Waals surface area contributed by atoms with Crippen LogP contribution in [0.3, 0.4) is 0 Å². The Morgan fingerprint density at radius 1 is 0.511 bits per heavy atom. The summed E-state index contributed by atoms with van der Waals surface area (Å²) in [6.07, 6.45) is 0. The number of fused-ring (bicyclic) bond motifs is 11. The van der Waals surface area contributed by atoms with Crippen LogP contribution < -0.4 is 4.90 Å². The maximum Gasteiger partial charge on any atom is 0.220 e. The lowest BCUT2D eigenvalue weighted by Gasteiger charge is -2.24. The van der Waals surface area contributed by atoms with Crippen molar-refractivity contribution in [3.05, 3.63) is 152 Å². The molecular weight excluding hydrogens is 550 g/mol. The highest BCUT2D eigenvalue weighted by molar-refractivity contribution is 6.09. The van der Waals surface area contributed by atoms with Gasteiger partial charge in [-0.3, -0.25) is 9.47 Å². The van der Waals surface area contributed by atoms with E-state index >= 15 is 0 Å².